The van der Waals surface area contributed by atoms with E-state index in [1.54, 1.807) is 0 Å². The van der Waals surface area contributed by atoms with Crippen molar-refractivity contribution in [2.45, 2.75) is 6.61 Å². The fourth-order valence-electron chi connectivity index (χ4n) is 1.33. The highest BCUT2D eigenvalue weighted by molar-refractivity contribution is 7.85. The lowest BCUT2D eigenvalue weighted by Crippen LogP contribution is -1.88. The second-order valence-electron chi connectivity index (χ2n) is 3.95. The van der Waals surface area contributed by atoms with Crippen molar-refractivity contribution in [2.75, 3.05) is 6.26 Å². The van der Waals surface area contributed by atoms with Crippen LogP contribution >= 0.6 is 0 Å². The zero-order valence-electron chi connectivity index (χ0n) is 10.9. The summed E-state index contributed by atoms with van der Waals surface area (Å²) in [6, 6.07) is 17.0. The van der Waals surface area contributed by atoms with Gasteiger partial charge in [0, 0.05) is 0 Å². The van der Waals surface area contributed by atoms with Crippen molar-refractivity contribution in [2.24, 2.45) is 0 Å². The van der Waals surface area contributed by atoms with E-state index in [0.29, 0.717) is 6.26 Å². The maximum absolute atomic E-state index is 9.19. The lowest BCUT2D eigenvalue weighted by atomic mass is 10.2. The Morgan fingerprint density at radius 2 is 1.55 bits per heavy atom. The molecule has 108 valence electrons. The SMILES string of the molecule is CS(=O)(=O)O.OCc1cccc(Oc2ccccc2)c1. The quantitative estimate of drug-likeness (QED) is 0.850. The first-order chi connectivity index (χ1) is 9.38. The molecule has 0 fully saturated rings. The van der Waals surface area contributed by atoms with E-state index in [9.17, 15) is 8.42 Å². The summed E-state index contributed by atoms with van der Waals surface area (Å²) in [7, 11) is -3.67. The standard InChI is InChI=1S/C13H12O2.CH4O3S/c14-10-11-5-4-8-13(9-11)15-12-6-2-1-3-7-12;1-5(2,3)4/h1-9,14H,10H2;1H3,(H,2,3,4). The fraction of sp³-hybridized carbons (Fsp3) is 0.143. The van der Waals surface area contributed by atoms with E-state index < -0.39 is 10.1 Å². The van der Waals surface area contributed by atoms with Crippen LogP contribution in [0.4, 0.5) is 0 Å². The van der Waals surface area contributed by atoms with Crippen molar-refractivity contribution < 1.29 is 22.8 Å². The minimum absolute atomic E-state index is 0.0337. The Kier molecular flexibility index (Phi) is 6.17. The Hall–Kier alpha value is -1.89. The molecule has 0 amide bonds. The number of rotatable bonds is 3. The van der Waals surface area contributed by atoms with Gasteiger partial charge in [-0.05, 0) is 29.8 Å². The summed E-state index contributed by atoms with van der Waals surface area (Å²) in [4.78, 5) is 0. The van der Waals surface area contributed by atoms with Gasteiger partial charge in [0.2, 0.25) is 0 Å². The number of hydrogen-bond acceptors (Lipinski definition) is 4. The Morgan fingerprint density at radius 3 is 2.10 bits per heavy atom. The molecule has 5 nitrogen and oxygen atoms in total. The average molecular weight is 296 g/mol. The van der Waals surface area contributed by atoms with E-state index in [2.05, 4.69) is 0 Å². The lowest BCUT2D eigenvalue weighted by Gasteiger charge is -2.06. The van der Waals surface area contributed by atoms with Gasteiger partial charge in [0.15, 0.2) is 0 Å². The summed E-state index contributed by atoms with van der Waals surface area (Å²) >= 11 is 0. The number of para-hydroxylation sites is 1. The Balaban J connectivity index is 0.000000347. The van der Waals surface area contributed by atoms with E-state index >= 15 is 0 Å². The molecule has 0 aromatic heterocycles. The molecule has 2 N–H and O–H groups in total. The predicted octanol–water partition coefficient (Wildman–Crippen LogP) is 2.48. The molecule has 6 heteroatoms. The third-order valence-corrected chi connectivity index (χ3v) is 2.06. The molecule has 0 heterocycles. The molecule has 0 radical (unpaired) electrons. The summed E-state index contributed by atoms with van der Waals surface area (Å²) < 4.78 is 31.5. The van der Waals surface area contributed by atoms with Gasteiger partial charge in [0.1, 0.15) is 11.5 Å². The first-order valence-corrected chi connectivity index (χ1v) is 7.58. The summed E-state index contributed by atoms with van der Waals surface area (Å²) in [6.45, 7) is 0.0337. The Morgan fingerprint density at radius 1 is 1.00 bits per heavy atom. The number of benzene rings is 2. The normalized spacial score (nSPS) is 10.3. The van der Waals surface area contributed by atoms with E-state index in [-0.39, 0.29) is 6.61 Å². The predicted molar refractivity (Wildman–Crippen MR) is 76.4 cm³/mol. The van der Waals surface area contributed by atoms with E-state index in [0.717, 1.165) is 17.1 Å². The van der Waals surface area contributed by atoms with E-state index in [1.165, 1.54) is 0 Å². The van der Waals surface area contributed by atoms with Crippen LogP contribution in [0.5, 0.6) is 11.5 Å². The van der Waals surface area contributed by atoms with Crippen LogP contribution in [0.15, 0.2) is 54.6 Å². The molecule has 0 aliphatic carbocycles. The number of ether oxygens (including phenoxy) is 1. The maximum atomic E-state index is 9.19. The van der Waals surface area contributed by atoms with Crippen LogP contribution in [-0.2, 0) is 16.7 Å². The Bertz CT molecular complexity index is 615. The highest BCUT2D eigenvalue weighted by Crippen LogP contribution is 2.21. The summed E-state index contributed by atoms with van der Waals surface area (Å²) in [6.07, 6.45) is 0.715. The topological polar surface area (TPSA) is 83.8 Å². The molecular weight excluding hydrogens is 280 g/mol. The molecule has 2 rings (SSSR count). The molecule has 2 aromatic carbocycles. The molecule has 0 aliphatic rings. The van der Waals surface area contributed by atoms with Crippen molar-refractivity contribution >= 4 is 10.1 Å². The van der Waals surface area contributed by atoms with Gasteiger partial charge in [-0.1, -0.05) is 30.3 Å². The van der Waals surface area contributed by atoms with Crippen molar-refractivity contribution in [3.05, 3.63) is 60.2 Å². The van der Waals surface area contributed by atoms with Crippen molar-refractivity contribution in [1.29, 1.82) is 0 Å². The molecule has 0 saturated carbocycles. The molecule has 0 atom stereocenters. The Labute approximate surface area is 118 Å². The lowest BCUT2D eigenvalue weighted by molar-refractivity contribution is 0.281. The fourth-order valence-corrected chi connectivity index (χ4v) is 1.33. The van der Waals surface area contributed by atoms with Crippen LogP contribution in [0.3, 0.4) is 0 Å². The molecule has 0 saturated heterocycles. The van der Waals surface area contributed by atoms with Crippen LogP contribution in [-0.4, -0.2) is 24.3 Å². The summed E-state index contributed by atoms with van der Waals surface area (Å²) in [5.74, 6) is 1.54. The van der Waals surface area contributed by atoms with Crippen LogP contribution in [0.1, 0.15) is 5.56 Å². The largest absolute Gasteiger partial charge is 0.457 e. The monoisotopic (exact) mass is 296 g/mol. The van der Waals surface area contributed by atoms with Crippen LogP contribution in [0.25, 0.3) is 0 Å². The second-order valence-corrected chi connectivity index (χ2v) is 5.42. The van der Waals surface area contributed by atoms with Gasteiger partial charge < -0.3 is 9.84 Å². The van der Waals surface area contributed by atoms with Crippen LogP contribution < -0.4 is 4.74 Å². The van der Waals surface area contributed by atoms with E-state index in [1.807, 2.05) is 54.6 Å². The average Bonchev–Trinajstić information content (AvgIpc) is 2.38. The maximum Gasteiger partial charge on any atom is 0.261 e. The van der Waals surface area contributed by atoms with Crippen molar-refractivity contribution in [1.82, 2.24) is 0 Å². The smallest absolute Gasteiger partial charge is 0.261 e. The van der Waals surface area contributed by atoms with E-state index in [4.69, 9.17) is 14.4 Å². The van der Waals surface area contributed by atoms with Crippen LogP contribution in [0, 0.1) is 0 Å². The molecule has 20 heavy (non-hydrogen) atoms. The van der Waals surface area contributed by atoms with Gasteiger partial charge >= 0.3 is 0 Å². The highest BCUT2D eigenvalue weighted by atomic mass is 32.2. The molecule has 0 unspecified atom stereocenters. The van der Waals surface area contributed by atoms with Gasteiger partial charge in [0.05, 0.1) is 12.9 Å². The second kappa shape index (κ2) is 7.64. The molecule has 0 bridgehead atoms. The van der Waals surface area contributed by atoms with Crippen molar-refractivity contribution in [3.63, 3.8) is 0 Å². The van der Waals surface area contributed by atoms with Gasteiger partial charge in [-0.25, -0.2) is 0 Å². The minimum atomic E-state index is -3.67. The van der Waals surface area contributed by atoms with Gasteiger partial charge in [-0.15, -0.1) is 0 Å². The van der Waals surface area contributed by atoms with Gasteiger partial charge in [0.25, 0.3) is 10.1 Å². The third kappa shape index (κ3) is 7.52. The summed E-state index contributed by atoms with van der Waals surface area (Å²) in [5, 5.41) is 8.97. The molecular formula is C14H16O5S. The van der Waals surface area contributed by atoms with Gasteiger partial charge in [-0.2, -0.15) is 8.42 Å². The molecule has 0 aliphatic heterocycles. The molecule has 0 spiro atoms. The zero-order valence-corrected chi connectivity index (χ0v) is 11.7. The van der Waals surface area contributed by atoms with Gasteiger partial charge in [-0.3, -0.25) is 4.55 Å². The highest BCUT2D eigenvalue weighted by Gasteiger charge is 1.97. The number of aliphatic hydroxyl groups excluding tert-OH is 1. The minimum Gasteiger partial charge on any atom is -0.457 e. The summed E-state index contributed by atoms with van der Waals surface area (Å²) in [5.41, 5.74) is 0.850. The zero-order chi connectivity index (χ0) is 15.0. The number of aliphatic hydroxyl groups is 1. The number of hydrogen-bond donors (Lipinski definition) is 2. The molecule has 2 aromatic rings. The first-order valence-electron chi connectivity index (χ1n) is 5.73. The third-order valence-electron chi connectivity index (χ3n) is 2.06. The van der Waals surface area contributed by atoms with Crippen molar-refractivity contribution in [3.8, 4) is 11.5 Å². The first kappa shape index (κ1) is 16.2. The van der Waals surface area contributed by atoms with Crippen LogP contribution in [0.2, 0.25) is 0 Å².